The third kappa shape index (κ3) is 6.24. The lowest BCUT2D eigenvalue weighted by Crippen LogP contribution is -2.17. The molecule has 0 saturated heterocycles. The molecule has 0 aliphatic carbocycles. The van der Waals surface area contributed by atoms with E-state index in [-0.39, 0.29) is 10.8 Å². The lowest BCUT2D eigenvalue weighted by atomic mass is 9.79. The van der Waals surface area contributed by atoms with Crippen LogP contribution in [-0.4, -0.2) is 0 Å². The Morgan fingerprint density at radius 2 is 1.43 bits per heavy atom. The highest BCUT2D eigenvalue weighted by Gasteiger charge is 2.20. The van der Waals surface area contributed by atoms with Crippen LogP contribution in [0.3, 0.4) is 0 Å². The van der Waals surface area contributed by atoms with E-state index >= 15 is 0 Å². The Bertz CT molecular complexity index is 796. The summed E-state index contributed by atoms with van der Waals surface area (Å²) in [5.74, 6) is 0. The molecule has 152 valence electrons. The van der Waals surface area contributed by atoms with E-state index in [1.165, 1.54) is 28.7 Å². The molecule has 2 aromatic carbocycles. The number of hydrogen-bond donors (Lipinski definition) is 0. The topological polar surface area (TPSA) is 0 Å². The molecular weight excluding hydrogens is 360 g/mol. The molecule has 0 unspecified atom stereocenters. The van der Waals surface area contributed by atoms with Crippen molar-refractivity contribution in [1.29, 1.82) is 0 Å². The van der Waals surface area contributed by atoms with E-state index in [0.717, 1.165) is 35.4 Å². The van der Waals surface area contributed by atoms with E-state index in [2.05, 4.69) is 79.3 Å². The minimum absolute atomic E-state index is 0.173. The molecule has 0 amide bonds. The van der Waals surface area contributed by atoms with Gasteiger partial charge in [0.15, 0.2) is 0 Å². The van der Waals surface area contributed by atoms with Crippen LogP contribution in [0.25, 0.3) is 5.57 Å². The molecule has 0 aliphatic rings. The van der Waals surface area contributed by atoms with Gasteiger partial charge in [0.1, 0.15) is 0 Å². The number of unbranched alkanes of at least 4 members (excludes halogenated alkanes) is 1. The van der Waals surface area contributed by atoms with E-state index in [1.54, 1.807) is 0 Å². The fourth-order valence-corrected chi connectivity index (χ4v) is 3.67. The molecule has 0 saturated carbocycles. The van der Waals surface area contributed by atoms with Crippen LogP contribution in [-0.2, 0) is 17.3 Å². The van der Waals surface area contributed by atoms with Crippen LogP contribution in [0.15, 0.2) is 43.0 Å². The number of halogens is 1. The Morgan fingerprint density at radius 3 is 1.96 bits per heavy atom. The van der Waals surface area contributed by atoms with Gasteiger partial charge in [0.05, 0.1) is 0 Å². The second-order valence-electron chi connectivity index (χ2n) is 10.2. The lowest BCUT2D eigenvalue weighted by molar-refractivity contribution is 0.566. The Hall–Kier alpha value is -1.53. The molecule has 0 fully saturated rings. The maximum absolute atomic E-state index is 6.36. The quantitative estimate of drug-likeness (QED) is 0.428. The molecule has 28 heavy (non-hydrogen) atoms. The van der Waals surface area contributed by atoms with Gasteiger partial charge >= 0.3 is 0 Å². The maximum Gasteiger partial charge on any atom is 0.0481 e. The van der Waals surface area contributed by atoms with Crippen molar-refractivity contribution in [2.45, 2.75) is 85.0 Å². The summed E-state index contributed by atoms with van der Waals surface area (Å²) in [6.45, 7) is 20.2. The summed E-state index contributed by atoms with van der Waals surface area (Å²) < 4.78 is 0. The van der Waals surface area contributed by atoms with E-state index < -0.39 is 0 Å². The lowest BCUT2D eigenvalue weighted by Gasteiger charge is -2.26. The van der Waals surface area contributed by atoms with Gasteiger partial charge in [0, 0.05) is 5.02 Å². The van der Waals surface area contributed by atoms with Crippen LogP contribution in [0.2, 0.25) is 5.02 Å². The summed E-state index contributed by atoms with van der Waals surface area (Å²) in [6.07, 6.45) is 4.41. The van der Waals surface area contributed by atoms with E-state index in [0.29, 0.717) is 0 Å². The van der Waals surface area contributed by atoms with Crippen molar-refractivity contribution in [1.82, 2.24) is 0 Å². The van der Waals surface area contributed by atoms with Gasteiger partial charge in [0.2, 0.25) is 0 Å². The second-order valence-corrected chi connectivity index (χ2v) is 10.6. The highest BCUT2D eigenvalue weighted by atomic mass is 35.5. The van der Waals surface area contributed by atoms with Gasteiger partial charge in [-0.15, -0.1) is 0 Å². The van der Waals surface area contributed by atoms with Crippen LogP contribution < -0.4 is 0 Å². The molecular formula is C27H37Cl. The molecule has 0 heterocycles. The molecule has 0 N–H and O–H groups in total. The van der Waals surface area contributed by atoms with Crippen LogP contribution in [0.4, 0.5) is 0 Å². The fourth-order valence-electron chi connectivity index (χ4n) is 3.41. The Labute approximate surface area is 178 Å². The van der Waals surface area contributed by atoms with Gasteiger partial charge in [-0.1, -0.05) is 95.6 Å². The van der Waals surface area contributed by atoms with Gasteiger partial charge in [-0.2, -0.15) is 0 Å². The van der Waals surface area contributed by atoms with E-state index in [4.69, 9.17) is 11.6 Å². The minimum atomic E-state index is 0.173. The first-order valence-electron chi connectivity index (χ1n) is 10.5. The third-order valence-corrected chi connectivity index (χ3v) is 5.75. The number of allylic oxidation sites excluding steroid dienone is 1. The molecule has 0 radical (unpaired) electrons. The smallest absolute Gasteiger partial charge is 0.0481 e. The fraction of sp³-hybridized carbons (Fsp3) is 0.481. The van der Waals surface area contributed by atoms with Crippen molar-refractivity contribution in [2.75, 3.05) is 0 Å². The first kappa shape index (κ1) is 22.8. The highest BCUT2D eigenvalue weighted by Crippen LogP contribution is 2.31. The Kier molecular flexibility index (Phi) is 7.21. The van der Waals surface area contributed by atoms with Crippen molar-refractivity contribution in [3.05, 3.63) is 75.8 Å². The molecule has 1 heteroatoms. The van der Waals surface area contributed by atoms with Crippen molar-refractivity contribution in [3.8, 4) is 0 Å². The van der Waals surface area contributed by atoms with Crippen molar-refractivity contribution in [2.24, 2.45) is 0 Å². The zero-order valence-electron chi connectivity index (χ0n) is 18.9. The zero-order chi connectivity index (χ0) is 21.1. The van der Waals surface area contributed by atoms with Crippen LogP contribution >= 0.6 is 11.6 Å². The molecule has 0 aromatic heterocycles. The van der Waals surface area contributed by atoms with Crippen molar-refractivity contribution >= 4 is 17.2 Å². The predicted octanol–water partition coefficient (Wildman–Crippen LogP) is 8.67. The van der Waals surface area contributed by atoms with Crippen molar-refractivity contribution < 1.29 is 0 Å². The SMILES string of the molecule is C=C(CCCCc1cc(C(C)(C)C)cc(C(C)(C)C)c1)c1cc(C)ccc1Cl. The number of benzene rings is 2. The van der Waals surface area contributed by atoms with Gasteiger partial charge < -0.3 is 0 Å². The molecule has 0 nitrogen and oxygen atoms in total. The highest BCUT2D eigenvalue weighted by molar-refractivity contribution is 6.32. The number of aryl methyl sites for hydroxylation is 2. The normalized spacial score (nSPS) is 12.3. The molecule has 2 rings (SSSR count). The van der Waals surface area contributed by atoms with Crippen LogP contribution in [0, 0.1) is 6.92 Å². The Morgan fingerprint density at radius 1 is 0.857 bits per heavy atom. The minimum Gasteiger partial charge on any atom is -0.0952 e. The summed E-state index contributed by atoms with van der Waals surface area (Å²) >= 11 is 6.36. The first-order chi connectivity index (χ1) is 12.9. The molecule has 2 aromatic rings. The van der Waals surface area contributed by atoms with E-state index in [9.17, 15) is 0 Å². The van der Waals surface area contributed by atoms with Crippen molar-refractivity contribution in [3.63, 3.8) is 0 Å². The van der Waals surface area contributed by atoms with E-state index in [1.807, 2.05) is 12.1 Å². The summed E-state index contributed by atoms with van der Waals surface area (Å²) in [6, 6.07) is 13.4. The molecule has 0 atom stereocenters. The maximum atomic E-state index is 6.36. The zero-order valence-corrected chi connectivity index (χ0v) is 19.6. The summed E-state index contributed by atoms with van der Waals surface area (Å²) in [7, 11) is 0. The second kappa shape index (κ2) is 8.87. The van der Waals surface area contributed by atoms with Gasteiger partial charge in [-0.3, -0.25) is 0 Å². The average Bonchev–Trinajstić information content (AvgIpc) is 2.59. The summed E-state index contributed by atoms with van der Waals surface area (Å²) in [5, 5.41) is 0.809. The predicted molar refractivity (Wildman–Crippen MR) is 127 cm³/mol. The van der Waals surface area contributed by atoms with Crippen LogP contribution in [0.1, 0.15) is 88.6 Å². The molecule has 0 bridgehead atoms. The summed E-state index contributed by atoms with van der Waals surface area (Å²) in [4.78, 5) is 0. The standard InChI is InChI=1S/C27H37Cl/c1-19-13-14-25(28)24(15-19)20(2)11-9-10-12-21-16-22(26(3,4)5)18-23(17-21)27(6,7)8/h13-18H,2,9-12H2,1,3-8H3. The number of hydrogen-bond acceptors (Lipinski definition) is 0. The monoisotopic (exact) mass is 396 g/mol. The molecule has 0 aliphatic heterocycles. The summed E-state index contributed by atoms with van der Waals surface area (Å²) in [5.41, 5.74) is 8.15. The third-order valence-electron chi connectivity index (χ3n) is 5.42. The first-order valence-corrected chi connectivity index (χ1v) is 10.8. The van der Waals surface area contributed by atoms with Gasteiger partial charge in [-0.25, -0.2) is 0 Å². The van der Waals surface area contributed by atoms with Crippen LogP contribution in [0.5, 0.6) is 0 Å². The largest absolute Gasteiger partial charge is 0.0952 e. The average molecular weight is 397 g/mol. The number of rotatable bonds is 6. The Balaban J connectivity index is 2.04. The molecule has 0 spiro atoms. The van der Waals surface area contributed by atoms with Gasteiger partial charge in [-0.05, 0) is 77.3 Å². The van der Waals surface area contributed by atoms with Gasteiger partial charge in [0.25, 0.3) is 0 Å².